The summed E-state index contributed by atoms with van der Waals surface area (Å²) < 4.78 is 0. The molecule has 2 N–H and O–H groups in total. The van der Waals surface area contributed by atoms with Gasteiger partial charge in [0.05, 0.1) is 5.25 Å². The summed E-state index contributed by atoms with van der Waals surface area (Å²) in [6.07, 6.45) is 0. The van der Waals surface area contributed by atoms with Gasteiger partial charge in [-0.2, -0.15) is 0 Å². The van der Waals surface area contributed by atoms with E-state index in [-0.39, 0.29) is 16.9 Å². The lowest BCUT2D eigenvalue weighted by Gasteiger charge is -2.13. The monoisotopic (exact) mass is 253 g/mol. The van der Waals surface area contributed by atoms with Gasteiger partial charge in [0.1, 0.15) is 5.75 Å². The first-order chi connectivity index (χ1) is 7.99. The van der Waals surface area contributed by atoms with E-state index < -0.39 is 0 Å². The average Bonchev–Trinajstić information content (AvgIpc) is 2.25. The van der Waals surface area contributed by atoms with E-state index in [9.17, 15) is 9.90 Å². The summed E-state index contributed by atoms with van der Waals surface area (Å²) in [5.74, 6) is 0.716. The molecule has 0 aliphatic heterocycles. The minimum absolute atomic E-state index is 0.0343. The number of carbonyl (C=O) groups is 1. The number of thioether (sulfide) groups is 1. The summed E-state index contributed by atoms with van der Waals surface area (Å²) in [6, 6.07) is 6.94. The second-order valence-corrected chi connectivity index (χ2v) is 5.81. The Bertz CT molecular complexity index is 379. The van der Waals surface area contributed by atoms with E-state index in [1.165, 1.54) is 11.8 Å². The zero-order valence-corrected chi connectivity index (χ0v) is 11.3. The molecule has 3 nitrogen and oxygen atoms in total. The highest BCUT2D eigenvalue weighted by molar-refractivity contribution is 8.00. The maximum atomic E-state index is 11.7. The average molecular weight is 253 g/mol. The number of aromatic hydroxyl groups is 1. The molecule has 0 radical (unpaired) electrons. The van der Waals surface area contributed by atoms with Crippen molar-refractivity contribution in [2.24, 2.45) is 5.92 Å². The molecule has 0 saturated carbocycles. The molecule has 0 aliphatic carbocycles. The van der Waals surface area contributed by atoms with Crippen LogP contribution in [0.4, 0.5) is 0 Å². The lowest BCUT2D eigenvalue weighted by molar-refractivity contribution is -0.120. The third kappa shape index (κ3) is 5.13. The summed E-state index contributed by atoms with van der Waals surface area (Å²) in [6.45, 7) is 6.69. The first-order valence-electron chi connectivity index (χ1n) is 5.72. The molecular weight excluding hydrogens is 234 g/mol. The number of benzene rings is 1. The van der Waals surface area contributed by atoms with Gasteiger partial charge in [-0.1, -0.05) is 19.9 Å². The molecule has 0 fully saturated rings. The van der Waals surface area contributed by atoms with Gasteiger partial charge >= 0.3 is 0 Å². The lowest BCUT2D eigenvalue weighted by atomic mass is 10.2. The van der Waals surface area contributed by atoms with Gasteiger partial charge in [0.2, 0.25) is 5.91 Å². The predicted molar refractivity (Wildman–Crippen MR) is 71.3 cm³/mol. The Morgan fingerprint density at radius 3 is 2.71 bits per heavy atom. The van der Waals surface area contributed by atoms with Crippen LogP contribution < -0.4 is 5.32 Å². The molecule has 0 aromatic heterocycles. The first-order valence-corrected chi connectivity index (χ1v) is 6.60. The van der Waals surface area contributed by atoms with Crippen LogP contribution in [-0.4, -0.2) is 22.8 Å². The summed E-state index contributed by atoms with van der Waals surface area (Å²) in [5.41, 5.74) is 0. The van der Waals surface area contributed by atoms with Gasteiger partial charge in [-0.15, -0.1) is 11.8 Å². The van der Waals surface area contributed by atoms with Crippen LogP contribution in [0.3, 0.4) is 0 Å². The van der Waals surface area contributed by atoms with E-state index in [1.54, 1.807) is 18.2 Å². The molecule has 1 aromatic rings. The zero-order valence-electron chi connectivity index (χ0n) is 10.4. The van der Waals surface area contributed by atoms with E-state index in [1.807, 2.05) is 13.0 Å². The summed E-state index contributed by atoms with van der Waals surface area (Å²) in [7, 11) is 0. The lowest BCUT2D eigenvalue weighted by Crippen LogP contribution is -2.33. The molecule has 1 aromatic carbocycles. The van der Waals surface area contributed by atoms with Crippen LogP contribution in [0.5, 0.6) is 5.75 Å². The number of carbonyl (C=O) groups excluding carboxylic acids is 1. The fourth-order valence-electron chi connectivity index (χ4n) is 1.26. The molecular formula is C13H19NO2S. The topological polar surface area (TPSA) is 49.3 Å². The number of hydrogen-bond donors (Lipinski definition) is 2. The second kappa shape index (κ2) is 6.55. The Morgan fingerprint density at radius 2 is 2.12 bits per heavy atom. The van der Waals surface area contributed by atoms with E-state index in [0.29, 0.717) is 12.5 Å². The Hall–Kier alpha value is -1.16. The number of nitrogens with one attached hydrogen (secondary N) is 1. The molecule has 1 rings (SSSR count). The first kappa shape index (κ1) is 13.9. The van der Waals surface area contributed by atoms with Crippen LogP contribution in [0.25, 0.3) is 0 Å². The summed E-state index contributed by atoms with van der Waals surface area (Å²) in [5, 5.41) is 12.1. The number of rotatable bonds is 5. The molecule has 4 heteroatoms. The summed E-state index contributed by atoms with van der Waals surface area (Å²) >= 11 is 1.45. The molecule has 0 aliphatic rings. The van der Waals surface area contributed by atoms with E-state index >= 15 is 0 Å². The molecule has 17 heavy (non-hydrogen) atoms. The normalized spacial score (nSPS) is 12.5. The van der Waals surface area contributed by atoms with Crippen LogP contribution in [0.1, 0.15) is 20.8 Å². The molecule has 0 saturated heterocycles. The molecule has 94 valence electrons. The van der Waals surface area contributed by atoms with Crippen LogP contribution in [-0.2, 0) is 4.79 Å². The van der Waals surface area contributed by atoms with Crippen LogP contribution in [0.2, 0.25) is 0 Å². The zero-order chi connectivity index (χ0) is 12.8. The Balaban J connectivity index is 2.48. The SMILES string of the molecule is CC(C)CNC(=O)C(C)Sc1cccc(O)c1. The maximum Gasteiger partial charge on any atom is 0.233 e. The van der Waals surface area contributed by atoms with Gasteiger partial charge in [-0.05, 0) is 31.0 Å². The molecule has 1 unspecified atom stereocenters. The van der Waals surface area contributed by atoms with E-state index in [2.05, 4.69) is 19.2 Å². The standard InChI is InChI=1S/C13H19NO2S/c1-9(2)8-14-13(16)10(3)17-12-6-4-5-11(15)7-12/h4-7,9-10,15H,8H2,1-3H3,(H,14,16). The van der Waals surface area contributed by atoms with Gasteiger partial charge < -0.3 is 10.4 Å². The third-order valence-electron chi connectivity index (χ3n) is 2.18. The van der Waals surface area contributed by atoms with Gasteiger partial charge in [-0.25, -0.2) is 0 Å². The van der Waals surface area contributed by atoms with Crippen molar-refractivity contribution < 1.29 is 9.90 Å². The van der Waals surface area contributed by atoms with Crippen molar-refractivity contribution >= 4 is 17.7 Å². The fraction of sp³-hybridized carbons (Fsp3) is 0.462. The van der Waals surface area contributed by atoms with E-state index in [4.69, 9.17) is 0 Å². The number of amides is 1. The van der Waals surface area contributed by atoms with Gasteiger partial charge in [-0.3, -0.25) is 4.79 Å². The Kier molecular flexibility index (Phi) is 5.35. The molecule has 1 atom stereocenters. The fourth-order valence-corrected chi connectivity index (χ4v) is 2.21. The largest absolute Gasteiger partial charge is 0.508 e. The summed E-state index contributed by atoms with van der Waals surface area (Å²) in [4.78, 5) is 12.6. The molecule has 0 heterocycles. The third-order valence-corrected chi connectivity index (χ3v) is 3.28. The highest BCUT2D eigenvalue weighted by Crippen LogP contribution is 2.26. The van der Waals surface area contributed by atoms with Crippen molar-refractivity contribution in [2.75, 3.05) is 6.54 Å². The van der Waals surface area contributed by atoms with Crippen molar-refractivity contribution in [3.8, 4) is 5.75 Å². The van der Waals surface area contributed by atoms with Gasteiger partial charge in [0.25, 0.3) is 0 Å². The smallest absolute Gasteiger partial charge is 0.233 e. The number of phenolic OH excluding ortho intramolecular Hbond substituents is 1. The van der Waals surface area contributed by atoms with E-state index in [0.717, 1.165) is 4.90 Å². The highest BCUT2D eigenvalue weighted by atomic mass is 32.2. The van der Waals surface area contributed by atoms with Crippen molar-refractivity contribution in [3.63, 3.8) is 0 Å². The van der Waals surface area contributed by atoms with Crippen molar-refractivity contribution in [1.29, 1.82) is 0 Å². The van der Waals surface area contributed by atoms with Crippen molar-refractivity contribution in [1.82, 2.24) is 5.32 Å². The minimum Gasteiger partial charge on any atom is -0.508 e. The van der Waals surface area contributed by atoms with Gasteiger partial charge in [0.15, 0.2) is 0 Å². The van der Waals surface area contributed by atoms with Crippen molar-refractivity contribution in [2.45, 2.75) is 30.9 Å². The van der Waals surface area contributed by atoms with Crippen LogP contribution >= 0.6 is 11.8 Å². The highest BCUT2D eigenvalue weighted by Gasteiger charge is 2.14. The van der Waals surface area contributed by atoms with Crippen molar-refractivity contribution in [3.05, 3.63) is 24.3 Å². The predicted octanol–water partition coefficient (Wildman–Crippen LogP) is 2.65. The van der Waals surface area contributed by atoms with Gasteiger partial charge in [0, 0.05) is 11.4 Å². The number of phenols is 1. The Morgan fingerprint density at radius 1 is 1.41 bits per heavy atom. The molecule has 0 bridgehead atoms. The van der Waals surface area contributed by atoms with Crippen LogP contribution in [0, 0.1) is 5.92 Å². The van der Waals surface area contributed by atoms with Crippen LogP contribution in [0.15, 0.2) is 29.2 Å². The minimum atomic E-state index is -0.157. The molecule has 1 amide bonds. The quantitative estimate of drug-likeness (QED) is 0.793. The Labute approximate surface area is 107 Å². The number of hydrogen-bond acceptors (Lipinski definition) is 3. The second-order valence-electron chi connectivity index (χ2n) is 4.40. The maximum absolute atomic E-state index is 11.7. The molecule has 0 spiro atoms.